The van der Waals surface area contributed by atoms with Crippen LogP contribution >= 0.6 is 0 Å². The summed E-state index contributed by atoms with van der Waals surface area (Å²) in [5.74, 6) is 0.205. The van der Waals surface area contributed by atoms with Crippen LogP contribution in [-0.2, 0) is 20.7 Å². The second-order valence-electron chi connectivity index (χ2n) is 8.95. The van der Waals surface area contributed by atoms with Crippen LogP contribution in [0.2, 0.25) is 0 Å². The normalized spacial score (nSPS) is 13.9. The van der Waals surface area contributed by atoms with E-state index in [9.17, 15) is 14.4 Å². The summed E-state index contributed by atoms with van der Waals surface area (Å²) < 4.78 is 10.2. The topological polar surface area (TPSA) is 94.1 Å². The molecular formula is C27H32N2O5. The first kappa shape index (κ1) is 25.1. The monoisotopic (exact) mass is 464 g/mol. The van der Waals surface area contributed by atoms with Crippen LogP contribution in [0.4, 0.5) is 5.69 Å². The van der Waals surface area contributed by atoms with Gasteiger partial charge in [-0.3, -0.25) is 19.4 Å². The van der Waals surface area contributed by atoms with E-state index in [2.05, 4.69) is 19.2 Å². The molecule has 7 nitrogen and oxygen atoms in total. The predicted molar refractivity (Wildman–Crippen MR) is 132 cm³/mol. The van der Waals surface area contributed by atoms with Gasteiger partial charge in [-0.25, -0.2) is 0 Å². The number of hydrogen-bond donors (Lipinski definition) is 1. The maximum Gasteiger partial charge on any atom is 0.305 e. The summed E-state index contributed by atoms with van der Waals surface area (Å²) in [6, 6.07) is 12.7. The van der Waals surface area contributed by atoms with Gasteiger partial charge in [-0.2, -0.15) is 0 Å². The number of methoxy groups -OCH3 is 1. The number of amides is 1. The van der Waals surface area contributed by atoms with Crippen LogP contribution in [0.3, 0.4) is 0 Å². The molecule has 0 saturated carbocycles. The predicted octanol–water partition coefficient (Wildman–Crippen LogP) is 4.76. The van der Waals surface area contributed by atoms with Gasteiger partial charge in [-0.1, -0.05) is 6.07 Å². The van der Waals surface area contributed by atoms with Gasteiger partial charge in [0, 0.05) is 29.7 Å². The molecule has 0 radical (unpaired) electrons. The number of ether oxygens (including phenoxy) is 2. The van der Waals surface area contributed by atoms with E-state index in [1.807, 2.05) is 18.2 Å². The van der Waals surface area contributed by atoms with Gasteiger partial charge in [-0.05, 0) is 75.6 Å². The number of anilines is 1. The van der Waals surface area contributed by atoms with E-state index in [0.717, 1.165) is 29.0 Å². The summed E-state index contributed by atoms with van der Waals surface area (Å²) >= 11 is 0. The fourth-order valence-electron chi connectivity index (χ4n) is 4.01. The number of ketones is 1. The fourth-order valence-corrected chi connectivity index (χ4v) is 4.01. The van der Waals surface area contributed by atoms with Gasteiger partial charge in [0.25, 0.3) is 0 Å². The Labute approximate surface area is 200 Å². The average molecular weight is 465 g/mol. The van der Waals surface area contributed by atoms with Gasteiger partial charge in [-0.15, -0.1) is 0 Å². The Morgan fingerprint density at radius 1 is 1.06 bits per heavy atom. The van der Waals surface area contributed by atoms with Crippen molar-refractivity contribution in [3.05, 3.63) is 59.2 Å². The van der Waals surface area contributed by atoms with Crippen molar-refractivity contribution in [2.75, 3.05) is 19.0 Å². The van der Waals surface area contributed by atoms with Crippen LogP contribution in [0.15, 0.2) is 47.5 Å². The van der Waals surface area contributed by atoms with Gasteiger partial charge in [0.1, 0.15) is 5.75 Å². The van der Waals surface area contributed by atoms with E-state index in [0.29, 0.717) is 24.3 Å². The summed E-state index contributed by atoms with van der Waals surface area (Å²) in [6.45, 7) is 6.21. The minimum absolute atomic E-state index is 0.0440. The van der Waals surface area contributed by atoms with Crippen LogP contribution in [0.5, 0.6) is 5.75 Å². The van der Waals surface area contributed by atoms with Crippen molar-refractivity contribution in [1.82, 2.24) is 0 Å². The van der Waals surface area contributed by atoms with Crippen molar-refractivity contribution in [2.45, 2.75) is 58.4 Å². The molecule has 0 fully saturated rings. The summed E-state index contributed by atoms with van der Waals surface area (Å²) in [7, 11) is 1.62. The molecule has 1 amide bonds. The Morgan fingerprint density at radius 2 is 1.79 bits per heavy atom. The molecule has 2 aromatic rings. The number of carbonyl (C=O) groups is 3. The zero-order valence-corrected chi connectivity index (χ0v) is 20.3. The van der Waals surface area contributed by atoms with Crippen molar-refractivity contribution in [2.24, 2.45) is 4.99 Å². The number of benzene rings is 2. The van der Waals surface area contributed by atoms with Crippen molar-refractivity contribution in [1.29, 1.82) is 0 Å². The average Bonchev–Trinajstić information content (AvgIpc) is 2.78. The quantitative estimate of drug-likeness (QED) is 0.404. The maximum atomic E-state index is 13.0. The molecule has 3 rings (SSSR count). The van der Waals surface area contributed by atoms with Crippen LogP contribution in [0.25, 0.3) is 0 Å². The largest absolute Gasteiger partial charge is 0.497 e. The summed E-state index contributed by atoms with van der Waals surface area (Å²) in [6.07, 6.45) is 1.84. The Bertz CT molecular complexity index is 1090. The fraction of sp³-hybridized carbons (Fsp3) is 0.407. The van der Waals surface area contributed by atoms with E-state index in [1.165, 1.54) is 0 Å². The molecule has 1 heterocycles. The lowest BCUT2D eigenvalue weighted by atomic mass is 9.85. The van der Waals surface area contributed by atoms with Crippen molar-refractivity contribution < 1.29 is 23.9 Å². The van der Waals surface area contributed by atoms with E-state index >= 15 is 0 Å². The number of esters is 1. The zero-order chi connectivity index (χ0) is 24.7. The van der Waals surface area contributed by atoms with E-state index in [1.54, 1.807) is 38.3 Å². The minimum atomic E-state index is -0.301. The van der Waals surface area contributed by atoms with Gasteiger partial charge < -0.3 is 14.8 Å². The Morgan fingerprint density at radius 3 is 2.47 bits per heavy atom. The molecular weight excluding hydrogens is 432 g/mol. The lowest BCUT2D eigenvalue weighted by Crippen LogP contribution is -2.30. The number of hydrogen-bond acceptors (Lipinski definition) is 6. The molecule has 34 heavy (non-hydrogen) atoms. The molecule has 0 aliphatic carbocycles. The second kappa shape index (κ2) is 11.1. The van der Waals surface area contributed by atoms with Crippen LogP contribution < -0.4 is 10.1 Å². The molecule has 1 aliphatic heterocycles. The highest BCUT2D eigenvalue weighted by Gasteiger charge is 2.28. The third kappa shape index (κ3) is 6.76. The smallest absolute Gasteiger partial charge is 0.305 e. The van der Waals surface area contributed by atoms with E-state index in [4.69, 9.17) is 14.5 Å². The minimum Gasteiger partial charge on any atom is -0.497 e. The van der Waals surface area contributed by atoms with E-state index < -0.39 is 0 Å². The molecule has 180 valence electrons. The van der Waals surface area contributed by atoms with Gasteiger partial charge in [0.15, 0.2) is 5.78 Å². The lowest BCUT2D eigenvalue weighted by molar-refractivity contribution is -0.143. The Kier molecular flexibility index (Phi) is 8.21. The lowest BCUT2D eigenvalue weighted by Gasteiger charge is -2.29. The zero-order valence-electron chi connectivity index (χ0n) is 20.3. The third-order valence-corrected chi connectivity index (χ3v) is 5.60. The van der Waals surface area contributed by atoms with Crippen LogP contribution in [-0.4, -0.2) is 42.6 Å². The highest BCUT2D eigenvalue weighted by molar-refractivity contribution is 6.17. The molecule has 0 saturated heterocycles. The van der Waals surface area contributed by atoms with Gasteiger partial charge in [0.2, 0.25) is 5.91 Å². The number of Topliss-reactive ketones (excluding diaryl/α,β-unsaturated/α-hetero) is 1. The highest BCUT2D eigenvalue weighted by Crippen LogP contribution is 2.31. The number of carbonyl (C=O) groups excluding carboxylic acids is 3. The number of fused-ring (bicyclic) bond motifs is 1. The molecule has 0 atom stereocenters. The third-order valence-electron chi connectivity index (χ3n) is 5.60. The molecule has 0 unspecified atom stereocenters. The maximum absolute atomic E-state index is 13.0. The first-order valence-electron chi connectivity index (χ1n) is 11.6. The number of nitrogens with one attached hydrogen (secondary N) is 1. The highest BCUT2D eigenvalue weighted by atomic mass is 16.5. The Balaban J connectivity index is 1.62. The van der Waals surface area contributed by atoms with E-state index in [-0.39, 0.29) is 42.5 Å². The molecule has 0 bridgehead atoms. The van der Waals surface area contributed by atoms with Gasteiger partial charge >= 0.3 is 5.97 Å². The number of nitrogens with zero attached hydrogens (tertiary/aromatic N) is 1. The van der Waals surface area contributed by atoms with Crippen LogP contribution in [0, 0.1) is 0 Å². The molecule has 2 aromatic carbocycles. The van der Waals surface area contributed by atoms with Crippen LogP contribution in [0.1, 0.15) is 67.9 Å². The number of rotatable bonds is 10. The summed E-state index contributed by atoms with van der Waals surface area (Å²) in [5, 5.41) is 2.79. The second-order valence-corrected chi connectivity index (χ2v) is 8.95. The van der Waals surface area contributed by atoms with Gasteiger partial charge in [0.05, 0.1) is 31.4 Å². The molecule has 1 aliphatic rings. The summed E-state index contributed by atoms with van der Waals surface area (Å²) in [4.78, 5) is 41.4. The molecule has 0 spiro atoms. The summed E-state index contributed by atoms with van der Waals surface area (Å²) in [5.41, 5.74) is 3.75. The first-order chi connectivity index (χ1) is 16.2. The standard InChI is InChI=1S/C27H32N2O5/c1-5-34-26(32)8-6-7-25(31)28-20-12-9-18(10-13-20)24(30)16-23-22-15-21(33-4)14-11-19(22)17-27(2,3)29-23/h9-15H,5-8,16-17H2,1-4H3,(H,28,31). The van der Waals surface area contributed by atoms with Crippen molar-refractivity contribution in [3.63, 3.8) is 0 Å². The SMILES string of the molecule is CCOC(=O)CCCC(=O)Nc1ccc(C(=O)CC2=NC(C)(C)Cc3ccc(OC)cc32)cc1. The molecule has 0 aromatic heterocycles. The van der Waals surface area contributed by atoms with Crippen molar-refractivity contribution >= 4 is 29.1 Å². The number of aliphatic imine (C=N–C) groups is 1. The first-order valence-corrected chi connectivity index (χ1v) is 11.6. The molecule has 1 N–H and O–H groups in total. The molecule has 7 heteroatoms. The Hall–Kier alpha value is -3.48. The van der Waals surface area contributed by atoms with Crippen molar-refractivity contribution in [3.8, 4) is 5.75 Å².